The predicted molar refractivity (Wildman–Crippen MR) is 43.4 cm³/mol. The molecule has 0 unspecified atom stereocenters. The summed E-state index contributed by atoms with van der Waals surface area (Å²) in [6.07, 6.45) is -0.261. The molecule has 0 spiro atoms. The van der Waals surface area contributed by atoms with Crippen LogP contribution in [0.1, 0.15) is 20.3 Å². The van der Waals surface area contributed by atoms with E-state index < -0.39 is 11.8 Å². The van der Waals surface area contributed by atoms with E-state index in [1.54, 1.807) is 6.07 Å². The maximum absolute atomic E-state index is 10.6. The van der Waals surface area contributed by atoms with Gasteiger partial charge in [-0.1, -0.05) is 0 Å². The van der Waals surface area contributed by atoms with Gasteiger partial charge in [-0.25, -0.2) is 0 Å². The lowest BCUT2D eigenvalue weighted by molar-refractivity contribution is -0.186. The Kier molecular flexibility index (Phi) is 5.04. The predicted octanol–water partition coefficient (Wildman–Crippen LogP) is 0.188. The number of esters is 1. The van der Waals surface area contributed by atoms with Gasteiger partial charge in [0, 0.05) is 0 Å². The van der Waals surface area contributed by atoms with E-state index >= 15 is 0 Å². The fourth-order valence-corrected chi connectivity index (χ4v) is 0.563. The van der Waals surface area contributed by atoms with E-state index in [0.29, 0.717) is 0 Å². The number of ether oxygens (including phenoxy) is 2. The zero-order valence-corrected chi connectivity index (χ0v) is 7.74. The molecule has 0 aromatic carbocycles. The lowest BCUT2D eigenvalue weighted by atomic mass is 10.4. The summed E-state index contributed by atoms with van der Waals surface area (Å²) in [6.45, 7) is 3.11. The molecule has 0 bridgehead atoms. The minimum absolute atomic E-state index is 0.0461. The van der Waals surface area contributed by atoms with Gasteiger partial charge in [-0.05, 0) is 13.8 Å². The third-order valence-electron chi connectivity index (χ3n) is 1.03. The second-order valence-electron chi connectivity index (χ2n) is 2.85. The summed E-state index contributed by atoms with van der Waals surface area (Å²) in [6, 6.07) is 1.66. The Morgan fingerprint density at radius 2 is 2.15 bits per heavy atom. The molecular weight excluding hydrogens is 174 g/mol. The molecule has 0 atom stereocenters. The van der Waals surface area contributed by atoms with Crippen LogP contribution in [0.15, 0.2) is 0 Å². The Morgan fingerprint density at radius 3 is 2.62 bits per heavy atom. The molecule has 0 aliphatic carbocycles. The number of nitrogens with zero attached hydrogens (tertiary/aromatic N) is 1. The third kappa shape index (κ3) is 8.79. The first-order valence-electron chi connectivity index (χ1n) is 3.84. The van der Waals surface area contributed by atoms with E-state index in [4.69, 9.17) is 15.1 Å². The Hall–Kier alpha value is -1.12. The van der Waals surface area contributed by atoms with E-state index in [2.05, 4.69) is 4.74 Å². The largest absolute Gasteiger partial charge is 0.462 e. The van der Waals surface area contributed by atoms with Crippen molar-refractivity contribution in [3.63, 3.8) is 0 Å². The first kappa shape index (κ1) is 11.9. The molecule has 1 N–H and O–H groups in total. The smallest absolute Gasteiger partial charge is 0.320 e. The minimum atomic E-state index is -1.22. The standard InChI is InChI=1S/C8H13NO4/c1-8(2,11)13-6-5-12-7(10)3-4-9/h11H,3,5-6H2,1-2H3. The van der Waals surface area contributed by atoms with Crippen molar-refractivity contribution in [3.8, 4) is 6.07 Å². The number of carbonyl (C=O) groups excluding carboxylic acids is 1. The number of aliphatic hydroxyl groups is 1. The molecule has 0 saturated carbocycles. The van der Waals surface area contributed by atoms with Crippen LogP contribution in [0.4, 0.5) is 0 Å². The Bertz CT molecular complexity index is 201. The minimum Gasteiger partial charge on any atom is -0.462 e. The zero-order chi connectivity index (χ0) is 10.3. The summed E-state index contributed by atoms with van der Waals surface area (Å²) in [5.74, 6) is -1.80. The van der Waals surface area contributed by atoms with Crippen LogP contribution in [0.3, 0.4) is 0 Å². The van der Waals surface area contributed by atoms with Crippen LogP contribution in [0.5, 0.6) is 0 Å². The fourth-order valence-electron chi connectivity index (χ4n) is 0.563. The summed E-state index contributed by atoms with van der Waals surface area (Å²) in [7, 11) is 0. The van der Waals surface area contributed by atoms with Gasteiger partial charge in [0.2, 0.25) is 0 Å². The molecule has 0 saturated heterocycles. The second-order valence-corrected chi connectivity index (χ2v) is 2.85. The van der Waals surface area contributed by atoms with Gasteiger partial charge in [0.25, 0.3) is 0 Å². The van der Waals surface area contributed by atoms with Crippen molar-refractivity contribution in [2.45, 2.75) is 26.1 Å². The molecule has 0 aromatic rings. The Labute approximate surface area is 76.9 Å². The van der Waals surface area contributed by atoms with Gasteiger partial charge in [-0.15, -0.1) is 0 Å². The van der Waals surface area contributed by atoms with Gasteiger partial charge < -0.3 is 14.6 Å². The molecule has 0 radical (unpaired) electrons. The SMILES string of the molecule is CC(C)(O)OCCOC(=O)CC#N. The van der Waals surface area contributed by atoms with Crippen LogP contribution in [0, 0.1) is 11.3 Å². The Morgan fingerprint density at radius 1 is 1.54 bits per heavy atom. The number of carbonyl (C=O) groups is 1. The normalized spacial score (nSPS) is 10.6. The maximum Gasteiger partial charge on any atom is 0.320 e. The van der Waals surface area contributed by atoms with Gasteiger partial charge in [0.05, 0.1) is 12.7 Å². The van der Waals surface area contributed by atoms with Crippen LogP contribution in [-0.4, -0.2) is 30.1 Å². The summed E-state index contributed by atoms with van der Waals surface area (Å²) in [5.41, 5.74) is 0. The van der Waals surface area contributed by atoms with Crippen molar-refractivity contribution < 1.29 is 19.4 Å². The quantitative estimate of drug-likeness (QED) is 0.377. The Balaban J connectivity index is 3.37. The molecule has 0 fully saturated rings. The van der Waals surface area contributed by atoms with Crippen LogP contribution in [0.2, 0.25) is 0 Å². The van der Waals surface area contributed by atoms with E-state index in [1.807, 2.05) is 0 Å². The summed E-state index contributed by atoms with van der Waals surface area (Å²) < 4.78 is 9.43. The molecule has 0 aliphatic heterocycles. The van der Waals surface area contributed by atoms with Crippen molar-refractivity contribution in [3.05, 3.63) is 0 Å². The lowest BCUT2D eigenvalue weighted by Crippen LogP contribution is -2.25. The van der Waals surface area contributed by atoms with Crippen LogP contribution < -0.4 is 0 Å². The molecule has 5 heteroatoms. The van der Waals surface area contributed by atoms with Gasteiger partial charge in [-0.3, -0.25) is 4.79 Å². The number of hydrogen-bond donors (Lipinski definition) is 1. The second kappa shape index (κ2) is 5.51. The zero-order valence-electron chi connectivity index (χ0n) is 7.74. The molecule has 74 valence electrons. The van der Waals surface area contributed by atoms with Gasteiger partial charge >= 0.3 is 5.97 Å². The van der Waals surface area contributed by atoms with Gasteiger partial charge in [0.15, 0.2) is 5.79 Å². The maximum atomic E-state index is 10.6. The van der Waals surface area contributed by atoms with Crippen LogP contribution in [-0.2, 0) is 14.3 Å². The van der Waals surface area contributed by atoms with E-state index in [-0.39, 0.29) is 19.6 Å². The van der Waals surface area contributed by atoms with E-state index in [1.165, 1.54) is 13.8 Å². The average Bonchev–Trinajstić information content (AvgIpc) is 1.97. The highest BCUT2D eigenvalue weighted by atomic mass is 16.6. The molecule has 0 rings (SSSR count). The molecule has 13 heavy (non-hydrogen) atoms. The molecule has 0 aliphatic rings. The molecule has 5 nitrogen and oxygen atoms in total. The number of nitriles is 1. The van der Waals surface area contributed by atoms with E-state index in [9.17, 15) is 4.79 Å². The average molecular weight is 187 g/mol. The molecule has 0 heterocycles. The molecule has 0 amide bonds. The van der Waals surface area contributed by atoms with Crippen molar-refractivity contribution in [1.29, 1.82) is 5.26 Å². The van der Waals surface area contributed by atoms with Crippen LogP contribution in [0.25, 0.3) is 0 Å². The first-order chi connectivity index (χ1) is 5.95. The molecule has 0 aromatic heterocycles. The number of hydrogen-bond acceptors (Lipinski definition) is 5. The number of rotatable bonds is 5. The first-order valence-corrected chi connectivity index (χ1v) is 3.84. The summed E-state index contributed by atoms with van der Waals surface area (Å²) >= 11 is 0. The monoisotopic (exact) mass is 187 g/mol. The van der Waals surface area contributed by atoms with Crippen molar-refractivity contribution in [1.82, 2.24) is 0 Å². The van der Waals surface area contributed by atoms with Gasteiger partial charge in [-0.2, -0.15) is 5.26 Å². The highest BCUT2D eigenvalue weighted by molar-refractivity contribution is 5.71. The van der Waals surface area contributed by atoms with Crippen molar-refractivity contribution >= 4 is 5.97 Å². The third-order valence-corrected chi connectivity index (χ3v) is 1.03. The van der Waals surface area contributed by atoms with Crippen LogP contribution >= 0.6 is 0 Å². The van der Waals surface area contributed by atoms with Crippen molar-refractivity contribution in [2.24, 2.45) is 0 Å². The van der Waals surface area contributed by atoms with Gasteiger partial charge in [0.1, 0.15) is 13.0 Å². The summed E-state index contributed by atoms with van der Waals surface area (Å²) in [5, 5.41) is 17.2. The lowest BCUT2D eigenvalue weighted by Gasteiger charge is -2.17. The van der Waals surface area contributed by atoms with E-state index in [0.717, 1.165) is 0 Å². The topological polar surface area (TPSA) is 79.5 Å². The highest BCUT2D eigenvalue weighted by Gasteiger charge is 2.12. The summed E-state index contributed by atoms with van der Waals surface area (Å²) in [4.78, 5) is 10.6. The fraction of sp³-hybridized carbons (Fsp3) is 0.750. The highest BCUT2D eigenvalue weighted by Crippen LogP contribution is 2.01. The molecular formula is C8H13NO4. The van der Waals surface area contributed by atoms with Crippen molar-refractivity contribution in [2.75, 3.05) is 13.2 Å².